The molecule has 0 aliphatic carbocycles. The summed E-state index contributed by atoms with van der Waals surface area (Å²) < 4.78 is 2.06. The van der Waals surface area contributed by atoms with Gasteiger partial charge in [-0.15, -0.1) is 11.3 Å². The quantitative estimate of drug-likeness (QED) is 0.739. The van der Waals surface area contributed by atoms with Gasteiger partial charge in [-0.2, -0.15) is 0 Å². The summed E-state index contributed by atoms with van der Waals surface area (Å²) in [5, 5.41) is 2.06. The summed E-state index contributed by atoms with van der Waals surface area (Å²) in [7, 11) is 0. The van der Waals surface area contributed by atoms with Crippen LogP contribution in [0.2, 0.25) is 0 Å². The molecule has 3 rings (SSSR count). The monoisotopic (exact) mass is 301 g/mol. The van der Waals surface area contributed by atoms with Crippen LogP contribution >= 0.6 is 11.3 Å². The van der Waals surface area contributed by atoms with Gasteiger partial charge in [0.2, 0.25) is 0 Å². The second-order valence-electron chi connectivity index (χ2n) is 5.80. The lowest BCUT2D eigenvalue weighted by atomic mass is 10.1. The molecule has 0 atom stereocenters. The molecule has 0 bridgehead atoms. The van der Waals surface area contributed by atoms with Crippen molar-refractivity contribution in [3.63, 3.8) is 0 Å². The molecule has 0 saturated carbocycles. The Hall–Kier alpha value is -1.82. The predicted molar refractivity (Wildman–Crippen MR) is 84.7 cm³/mol. The molecule has 0 aliphatic rings. The molecule has 0 unspecified atom stereocenters. The Balaban J connectivity index is 2.14. The maximum atomic E-state index is 4.72. The van der Waals surface area contributed by atoms with E-state index in [0.29, 0.717) is 18.4 Å². The molecule has 0 fully saturated rings. The largest absolute Gasteiger partial charge is 0.309 e. The van der Waals surface area contributed by atoms with Crippen LogP contribution in [0.4, 0.5) is 0 Å². The SMILES string of the molecule is CC(C)c1nc(C(C)C)c2ncn(Cc3cscn3)c2n1. The van der Waals surface area contributed by atoms with Gasteiger partial charge < -0.3 is 4.57 Å². The Kier molecular flexibility index (Phi) is 3.71. The number of rotatable bonds is 4. The van der Waals surface area contributed by atoms with E-state index in [-0.39, 0.29) is 0 Å². The Morgan fingerprint density at radius 3 is 2.52 bits per heavy atom. The molecular weight excluding hydrogens is 282 g/mol. The number of hydrogen-bond acceptors (Lipinski definition) is 5. The van der Waals surface area contributed by atoms with Gasteiger partial charge in [0.15, 0.2) is 5.65 Å². The highest BCUT2D eigenvalue weighted by Gasteiger charge is 2.17. The average Bonchev–Trinajstić information content (AvgIpc) is 3.08. The van der Waals surface area contributed by atoms with E-state index < -0.39 is 0 Å². The summed E-state index contributed by atoms with van der Waals surface area (Å²) in [5.41, 5.74) is 5.73. The summed E-state index contributed by atoms with van der Waals surface area (Å²) in [6.07, 6.45) is 1.84. The van der Waals surface area contributed by atoms with Gasteiger partial charge in [-0.1, -0.05) is 27.7 Å². The lowest BCUT2D eigenvalue weighted by molar-refractivity contribution is 0.730. The maximum absolute atomic E-state index is 4.72. The Morgan fingerprint density at radius 2 is 1.90 bits per heavy atom. The van der Waals surface area contributed by atoms with E-state index in [1.165, 1.54) is 0 Å². The van der Waals surface area contributed by atoms with E-state index in [0.717, 1.165) is 28.4 Å². The molecule has 0 radical (unpaired) electrons. The molecule has 5 nitrogen and oxygen atoms in total. The van der Waals surface area contributed by atoms with Gasteiger partial charge in [-0.25, -0.2) is 19.9 Å². The number of nitrogens with zero attached hydrogens (tertiary/aromatic N) is 5. The number of aromatic nitrogens is 5. The Bertz CT molecular complexity index is 743. The Morgan fingerprint density at radius 1 is 1.10 bits per heavy atom. The van der Waals surface area contributed by atoms with Crippen LogP contribution < -0.4 is 0 Å². The second-order valence-corrected chi connectivity index (χ2v) is 6.52. The predicted octanol–water partition coefficient (Wildman–Crippen LogP) is 3.58. The molecule has 0 saturated heterocycles. The number of imidazole rings is 1. The Labute approximate surface area is 128 Å². The highest BCUT2D eigenvalue weighted by atomic mass is 32.1. The van der Waals surface area contributed by atoms with Crippen LogP contribution in [0.15, 0.2) is 17.2 Å². The van der Waals surface area contributed by atoms with E-state index >= 15 is 0 Å². The van der Waals surface area contributed by atoms with Gasteiger partial charge in [0.25, 0.3) is 0 Å². The minimum absolute atomic E-state index is 0.300. The zero-order valence-electron chi connectivity index (χ0n) is 12.7. The lowest BCUT2D eigenvalue weighted by Crippen LogP contribution is -2.07. The zero-order chi connectivity index (χ0) is 15.0. The standard InChI is InChI=1S/C15H19N5S/c1-9(2)12-13-15(19-14(18-12)10(3)4)20(7-16-13)5-11-6-21-8-17-11/h6-10H,5H2,1-4H3. The third kappa shape index (κ3) is 2.68. The van der Waals surface area contributed by atoms with Crippen LogP contribution in [0.1, 0.15) is 56.7 Å². The minimum Gasteiger partial charge on any atom is -0.309 e. The molecule has 3 aromatic rings. The van der Waals surface area contributed by atoms with Crippen LogP contribution in [-0.2, 0) is 6.54 Å². The van der Waals surface area contributed by atoms with E-state index in [1.54, 1.807) is 11.3 Å². The van der Waals surface area contributed by atoms with Gasteiger partial charge in [-0.05, 0) is 5.92 Å². The average molecular weight is 301 g/mol. The van der Waals surface area contributed by atoms with Crippen molar-refractivity contribution in [2.24, 2.45) is 0 Å². The molecule has 0 aliphatic heterocycles. The third-order valence-electron chi connectivity index (χ3n) is 3.39. The summed E-state index contributed by atoms with van der Waals surface area (Å²) >= 11 is 1.61. The van der Waals surface area contributed by atoms with Gasteiger partial charge in [0.05, 0.1) is 29.8 Å². The summed E-state index contributed by atoms with van der Waals surface area (Å²) in [6, 6.07) is 0. The van der Waals surface area contributed by atoms with Gasteiger partial charge in [-0.3, -0.25) is 0 Å². The molecule has 3 heterocycles. The molecule has 110 valence electrons. The third-order valence-corrected chi connectivity index (χ3v) is 4.02. The number of hydrogen-bond donors (Lipinski definition) is 0. The minimum atomic E-state index is 0.300. The molecular formula is C15H19N5S. The van der Waals surface area contributed by atoms with E-state index in [4.69, 9.17) is 9.97 Å². The van der Waals surface area contributed by atoms with E-state index in [2.05, 4.69) is 47.6 Å². The maximum Gasteiger partial charge on any atom is 0.164 e. The van der Waals surface area contributed by atoms with Crippen LogP contribution in [0.5, 0.6) is 0 Å². The van der Waals surface area contributed by atoms with Crippen molar-refractivity contribution in [1.82, 2.24) is 24.5 Å². The smallest absolute Gasteiger partial charge is 0.164 e. The topological polar surface area (TPSA) is 56.5 Å². The first-order valence-corrected chi connectivity index (χ1v) is 8.10. The van der Waals surface area contributed by atoms with Crippen LogP contribution in [-0.4, -0.2) is 24.5 Å². The lowest BCUT2D eigenvalue weighted by Gasteiger charge is -2.11. The zero-order valence-corrected chi connectivity index (χ0v) is 13.6. The fraction of sp³-hybridized carbons (Fsp3) is 0.467. The van der Waals surface area contributed by atoms with Gasteiger partial charge in [0.1, 0.15) is 11.3 Å². The van der Waals surface area contributed by atoms with Crippen molar-refractivity contribution in [1.29, 1.82) is 0 Å². The fourth-order valence-electron chi connectivity index (χ4n) is 2.25. The van der Waals surface area contributed by atoms with Gasteiger partial charge in [0, 0.05) is 11.3 Å². The molecule has 3 aromatic heterocycles. The van der Waals surface area contributed by atoms with Crippen molar-refractivity contribution in [3.05, 3.63) is 34.4 Å². The second kappa shape index (κ2) is 5.52. The highest BCUT2D eigenvalue weighted by molar-refractivity contribution is 7.07. The van der Waals surface area contributed by atoms with Crippen molar-refractivity contribution in [2.45, 2.75) is 46.1 Å². The van der Waals surface area contributed by atoms with Crippen molar-refractivity contribution in [2.75, 3.05) is 0 Å². The molecule has 6 heteroatoms. The van der Waals surface area contributed by atoms with Crippen LogP contribution in [0, 0.1) is 0 Å². The first-order chi connectivity index (χ1) is 10.1. The van der Waals surface area contributed by atoms with Crippen molar-refractivity contribution >= 4 is 22.5 Å². The number of fused-ring (bicyclic) bond motifs is 1. The summed E-state index contributed by atoms with van der Waals surface area (Å²) in [6.45, 7) is 9.22. The summed E-state index contributed by atoms with van der Waals surface area (Å²) in [4.78, 5) is 18.3. The summed E-state index contributed by atoms with van der Waals surface area (Å²) in [5.74, 6) is 1.51. The van der Waals surface area contributed by atoms with Crippen LogP contribution in [0.25, 0.3) is 11.2 Å². The van der Waals surface area contributed by atoms with E-state index in [1.807, 2.05) is 11.8 Å². The van der Waals surface area contributed by atoms with Gasteiger partial charge >= 0.3 is 0 Å². The first kappa shape index (κ1) is 14.1. The first-order valence-electron chi connectivity index (χ1n) is 7.16. The molecule has 0 N–H and O–H groups in total. The molecule has 0 spiro atoms. The van der Waals surface area contributed by atoms with E-state index in [9.17, 15) is 0 Å². The molecule has 0 amide bonds. The normalized spacial score (nSPS) is 11.9. The van der Waals surface area contributed by atoms with Crippen molar-refractivity contribution in [3.8, 4) is 0 Å². The molecule has 21 heavy (non-hydrogen) atoms. The van der Waals surface area contributed by atoms with Crippen LogP contribution in [0.3, 0.4) is 0 Å². The fourth-order valence-corrected chi connectivity index (χ4v) is 2.80. The number of thiazole rings is 1. The molecule has 0 aromatic carbocycles. The highest BCUT2D eigenvalue weighted by Crippen LogP contribution is 2.24. The van der Waals surface area contributed by atoms with Crippen molar-refractivity contribution < 1.29 is 0 Å².